The predicted octanol–water partition coefficient (Wildman–Crippen LogP) is 8.99. The molecule has 0 atom stereocenters. The molecule has 0 bridgehead atoms. The first-order chi connectivity index (χ1) is 16.3. The van der Waals surface area contributed by atoms with Crippen LogP contribution in [-0.2, 0) is 0 Å². The summed E-state index contributed by atoms with van der Waals surface area (Å²) in [5.74, 6) is -8.58. The minimum atomic E-state index is -1.70. The van der Waals surface area contributed by atoms with Crippen LogP contribution in [0.2, 0.25) is 0 Å². The maximum absolute atomic E-state index is 14.9. The van der Waals surface area contributed by atoms with Crippen molar-refractivity contribution >= 4 is 0 Å². The first-order valence-electron chi connectivity index (χ1n) is 12.2. The fourth-order valence-electron chi connectivity index (χ4n) is 5.95. The Bertz CT molecular complexity index is 984. The molecule has 0 N–H and O–H groups in total. The van der Waals surface area contributed by atoms with E-state index in [1.54, 1.807) is 6.07 Å². The topological polar surface area (TPSA) is 9.23 Å². The number of halogens is 6. The van der Waals surface area contributed by atoms with Crippen molar-refractivity contribution in [3.63, 3.8) is 0 Å². The largest absolute Gasteiger partial charge is 0.454 e. The lowest BCUT2D eigenvalue weighted by molar-refractivity contribution is 0.155. The summed E-state index contributed by atoms with van der Waals surface area (Å²) < 4.78 is 89.3. The molecule has 2 aromatic carbocycles. The zero-order chi connectivity index (χ0) is 24.4. The first-order valence-corrected chi connectivity index (χ1v) is 12.2. The van der Waals surface area contributed by atoms with Crippen LogP contribution in [0.3, 0.4) is 0 Å². The first kappa shape index (κ1) is 24.9. The lowest BCUT2D eigenvalue weighted by Crippen LogP contribution is -2.26. The normalized spacial score (nSPS) is 25.4. The molecule has 0 saturated heterocycles. The molecule has 0 spiro atoms. The minimum absolute atomic E-state index is 0.288. The summed E-state index contributed by atoms with van der Waals surface area (Å²) in [5, 5.41) is 0. The molecule has 1 nitrogen and oxygen atoms in total. The van der Waals surface area contributed by atoms with Crippen molar-refractivity contribution in [1.82, 2.24) is 0 Å². The highest BCUT2D eigenvalue weighted by molar-refractivity contribution is 5.43. The molecule has 2 aliphatic carbocycles. The monoisotopic (exact) mass is 483 g/mol. The van der Waals surface area contributed by atoms with E-state index in [0.29, 0.717) is 36.8 Å². The van der Waals surface area contributed by atoms with E-state index in [9.17, 15) is 26.3 Å². The van der Waals surface area contributed by atoms with Crippen LogP contribution in [0, 0.1) is 58.7 Å². The average molecular weight is 484 g/mol. The third kappa shape index (κ3) is 5.23. The highest BCUT2D eigenvalue weighted by atomic mass is 19.2. The molecular weight excluding hydrogens is 454 g/mol. The van der Waals surface area contributed by atoms with Crippen molar-refractivity contribution in [2.45, 2.75) is 77.0 Å². The Labute approximate surface area is 196 Å². The SMILES string of the molecule is CCC[C@H]1CC[C@H](C2CCC(c3c(F)c(F)[c]c(F)c3Oc3cc(F)c(F)c(F)c3)CC2)CC1. The summed E-state index contributed by atoms with van der Waals surface area (Å²) in [6.45, 7) is 2.21. The van der Waals surface area contributed by atoms with Gasteiger partial charge in [0.2, 0.25) is 0 Å². The van der Waals surface area contributed by atoms with Gasteiger partial charge in [0.15, 0.2) is 40.7 Å². The van der Waals surface area contributed by atoms with Gasteiger partial charge in [-0.3, -0.25) is 0 Å². The molecule has 185 valence electrons. The molecule has 2 fully saturated rings. The molecule has 0 aromatic heterocycles. The van der Waals surface area contributed by atoms with E-state index in [0.717, 1.165) is 18.8 Å². The second kappa shape index (κ2) is 10.6. The van der Waals surface area contributed by atoms with Crippen molar-refractivity contribution in [3.8, 4) is 11.5 Å². The Morgan fingerprint density at radius 3 is 1.88 bits per heavy atom. The third-order valence-corrected chi connectivity index (χ3v) is 7.70. The second-order valence-corrected chi connectivity index (χ2v) is 9.79. The van der Waals surface area contributed by atoms with Crippen LogP contribution >= 0.6 is 0 Å². The van der Waals surface area contributed by atoms with Gasteiger partial charge in [-0.1, -0.05) is 32.6 Å². The van der Waals surface area contributed by atoms with E-state index in [2.05, 4.69) is 6.92 Å². The van der Waals surface area contributed by atoms with Gasteiger partial charge in [-0.25, -0.2) is 26.3 Å². The van der Waals surface area contributed by atoms with E-state index < -0.39 is 52.3 Å². The van der Waals surface area contributed by atoms with Crippen LogP contribution in [0.1, 0.15) is 82.6 Å². The van der Waals surface area contributed by atoms with Gasteiger partial charge >= 0.3 is 0 Å². The Kier molecular flexibility index (Phi) is 7.78. The quantitative estimate of drug-likeness (QED) is 0.226. The Morgan fingerprint density at radius 2 is 1.32 bits per heavy atom. The fraction of sp³-hybridized carbons (Fsp3) is 0.556. The minimum Gasteiger partial charge on any atom is -0.454 e. The summed E-state index contributed by atoms with van der Waals surface area (Å²) in [7, 11) is 0. The molecule has 0 heterocycles. The van der Waals surface area contributed by atoms with Crippen LogP contribution < -0.4 is 4.74 Å². The van der Waals surface area contributed by atoms with E-state index in [4.69, 9.17) is 4.74 Å². The number of benzene rings is 2. The van der Waals surface area contributed by atoms with Gasteiger partial charge in [0, 0.05) is 17.7 Å². The molecule has 2 aliphatic rings. The van der Waals surface area contributed by atoms with Crippen molar-refractivity contribution in [2.24, 2.45) is 17.8 Å². The van der Waals surface area contributed by atoms with Crippen LogP contribution in [0.5, 0.6) is 11.5 Å². The van der Waals surface area contributed by atoms with E-state index in [-0.39, 0.29) is 5.56 Å². The molecule has 1 radical (unpaired) electrons. The summed E-state index contributed by atoms with van der Waals surface area (Å²) >= 11 is 0. The van der Waals surface area contributed by atoms with Crippen molar-refractivity contribution in [2.75, 3.05) is 0 Å². The van der Waals surface area contributed by atoms with E-state index >= 15 is 0 Å². The highest BCUT2D eigenvalue weighted by Gasteiger charge is 2.35. The zero-order valence-corrected chi connectivity index (χ0v) is 19.2. The van der Waals surface area contributed by atoms with Gasteiger partial charge in [-0.15, -0.1) is 0 Å². The maximum atomic E-state index is 14.9. The van der Waals surface area contributed by atoms with Gasteiger partial charge in [0.05, 0.1) is 6.07 Å². The summed E-state index contributed by atoms with van der Waals surface area (Å²) in [5.41, 5.74) is -0.288. The molecule has 4 rings (SSSR count). The molecule has 2 aromatic rings. The number of ether oxygens (including phenoxy) is 1. The molecule has 7 heteroatoms. The highest BCUT2D eigenvalue weighted by Crippen LogP contribution is 2.47. The lowest BCUT2D eigenvalue weighted by Gasteiger charge is -2.38. The molecule has 0 aliphatic heterocycles. The fourth-order valence-corrected chi connectivity index (χ4v) is 5.95. The molecule has 2 saturated carbocycles. The number of hydrogen-bond acceptors (Lipinski definition) is 1. The number of rotatable bonds is 6. The van der Waals surface area contributed by atoms with Crippen molar-refractivity contribution in [3.05, 3.63) is 58.7 Å². The van der Waals surface area contributed by atoms with Crippen LogP contribution in [0.15, 0.2) is 12.1 Å². The van der Waals surface area contributed by atoms with Gasteiger partial charge in [-0.05, 0) is 62.2 Å². The molecule has 34 heavy (non-hydrogen) atoms. The van der Waals surface area contributed by atoms with E-state index in [1.165, 1.54) is 38.5 Å². The van der Waals surface area contributed by atoms with Gasteiger partial charge in [-0.2, -0.15) is 0 Å². The third-order valence-electron chi connectivity index (χ3n) is 7.70. The molecular formula is C27H29F6O. The van der Waals surface area contributed by atoms with Crippen molar-refractivity contribution < 1.29 is 31.1 Å². The smallest absolute Gasteiger partial charge is 0.194 e. The predicted molar refractivity (Wildman–Crippen MR) is 117 cm³/mol. The second-order valence-electron chi connectivity index (χ2n) is 9.79. The van der Waals surface area contributed by atoms with Crippen LogP contribution in [0.4, 0.5) is 26.3 Å². The van der Waals surface area contributed by atoms with E-state index in [1.807, 2.05) is 0 Å². The Balaban J connectivity index is 1.51. The van der Waals surface area contributed by atoms with Gasteiger partial charge in [0.1, 0.15) is 5.75 Å². The average Bonchev–Trinajstić information content (AvgIpc) is 2.82. The van der Waals surface area contributed by atoms with Gasteiger partial charge < -0.3 is 4.74 Å². The summed E-state index contributed by atoms with van der Waals surface area (Å²) in [6, 6.07) is 2.70. The summed E-state index contributed by atoms with van der Waals surface area (Å²) in [4.78, 5) is 0. The lowest BCUT2D eigenvalue weighted by atomic mass is 9.68. The molecule has 0 amide bonds. The van der Waals surface area contributed by atoms with Crippen LogP contribution in [-0.4, -0.2) is 0 Å². The Hall–Kier alpha value is -2.18. The Morgan fingerprint density at radius 1 is 0.765 bits per heavy atom. The van der Waals surface area contributed by atoms with Gasteiger partial charge in [0.25, 0.3) is 0 Å². The zero-order valence-electron chi connectivity index (χ0n) is 19.2. The maximum Gasteiger partial charge on any atom is 0.194 e. The summed E-state index contributed by atoms with van der Waals surface area (Å²) in [6.07, 6.45) is 10.0. The van der Waals surface area contributed by atoms with Crippen LogP contribution in [0.25, 0.3) is 0 Å². The molecule has 0 unspecified atom stereocenters. The van der Waals surface area contributed by atoms with Crippen molar-refractivity contribution in [1.29, 1.82) is 0 Å². The standard InChI is InChI=1S/C27H29F6O/c1-2-3-15-4-6-16(7-5-15)17-8-10-18(11-9-17)24-26(33)22(30)14-23(31)27(24)34-19-12-20(28)25(32)21(29)13-19/h12-13,15-18H,2-11H2,1H3/t15-,16-,17?,18?. The number of hydrogen-bond donors (Lipinski definition) is 0.